The van der Waals surface area contributed by atoms with Crippen molar-refractivity contribution < 1.29 is 18.0 Å². The van der Waals surface area contributed by atoms with E-state index in [4.69, 9.17) is 0 Å². The summed E-state index contributed by atoms with van der Waals surface area (Å²) >= 11 is 0. The molecule has 0 saturated heterocycles. The molecular formula is C23H21N3O4S. The average molecular weight is 436 g/mol. The van der Waals surface area contributed by atoms with Crippen molar-refractivity contribution in [3.05, 3.63) is 89.2 Å². The third-order valence-corrected chi connectivity index (χ3v) is 7.08. The van der Waals surface area contributed by atoms with Crippen LogP contribution in [0.5, 0.6) is 0 Å². The molecule has 2 aromatic carbocycles. The fourth-order valence-corrected chi connectivity index (χ4v) is 5.07. The lowest BCUT2D eigenvalue weighted by molar-refractivity contribution is 0.0640. The van der Waals surface area contributed by atoms with E-state index in [0.29, 0.717) is 11.3 Å². The maximum atomic E-state index is 13.2. The molecule has 0 N–H and O–H groups in total. The van der Waals surface area contributed by atoms with Crippen LogP contribution in [0.1, 0.15) is 38.9 Å². The second kappa shape index (κ2) is 7.96. The number of fused-ring (bicyclic) bond motifs is 1. The Balaban J connectivity index is 1.57. The van der Waals surface area contributed by atoms with Gasteiger partial charge in [-0.3, -0.25) is 23.8 Å². The second-order valence-corrected chi connectivity index (χ2v) is 9.11. The fourth-order valence-electron chi connectivity index (χ4n) is 3.61. The van der Waals surface area contributed by atoms with Gasteiger partial charge in [0.05, 0.1) is 22.7 Å². The van der Waals surface area contributed by atoms with E-state index in [2.05, 4.69) is 4.98 Å². The molecule has 0 fully saturated rings. The Morgan fingerprint density at radius 3 is 2.35 bits per heavy atom. The summed E-state index contributed by atoms with van der Waals surface area (Å²) in [6.07, 6.45) is 1.47. The van der Waals surface area contributed by atoms with Crippen molar-refractivity contribution in [3.63, 3.8) is 0 Å². The SMILES string of the molecule is CCN(c1cccc(C)c1)S(=O)(=O)c1ccc(CN2C(=O)c3cccnc3C2=O)cc1. The van der Waals surface area contributed by atoms with E-state index < -0.39 is 21.8 Å². The number of nitrogens with zero attached hydrogens (tertiary/aromatic N) is 3. The van der Waals surface area contributed by atoms with Crippen molar-refractivity contribution >= 4 is 27.5 Å². The number of hydrogen-bond donors (Lipinski definition) is 0. The quantitative estimate of drug-likeness (QED) is 0.554. The van der Waals surface area contributed by atoms with Crippen molar-refractivity contribution in [2.75, 3.05) is 10.8 Å². The van der Waals surface area contributed by atoms with Gasteiger partial charge >= 0.3 is 0 Å². The highest BCUT2D eigenvalue weighted by molar-refractivity contribution is 7.92. The Morgan fingerprint density at radius 1 is 0.968 bits per heavy atom. The summed E-state index contributed by atoms with van der Waals surface area (Å²) in [5.41, 5.74) is 2.64. The van der Waals surface area contributed by atoms with Crippen LogP contribution in [0.15, 0.2) is 71.8 Å². The van der Waals surface area contributed by atoms with Gasteiger partial charge in [0.1, 0.15) is 5.69 Å². The van der Waals surface area contributed by atoms with Crippen LogP contribution in [-0.2, 0) is 16.6 Å². The number of benzene rings is 2. The number of imide groups is 1. The minimum absolute atomic E-state index is 0.0454. The van der Waals surface area contributed by atoms with E-state index in [0.717, 1.165) is 10.5 Å². The lowest BCUT2D eigenvalue weighted by atomic mass is 10.2. The van der Waals surface area contributed by atoms with Crippen LogP contribution in [0, 0.1) is 6.92 Å². The van der Waals surface area contributed by atoms with Crippen molar-refractivity contribution in [1.82, 2.24) is 9.88 Å². The van der Waals surface area contributed by atoms with Crippen LogP contribution >= 0.6 is 0 Å². The van der Waals surface area contributed by atoms with E-state index in [9.17, 15) is 18.0 Å². The highest BCUT2D eigenvalue weighted by atomic mass is 32.2. The molecule has 4 rings (SSSR count). The third-order valence-electron chi connectivity index (χ3n) is 5.16. The first kappa shape index (κ1) is 20.7. The number of pyridine rings is 1. The summed E-state index contributed by atoms with van der Waals surface area (Å²) in [5.74, 6) is -0.852. The molecule has 1 aliphatic rings. The lowest BCUT2D eigenvalue weighted by Gasteiger charge is -2.23. The Kier molecular flexibility index (Phi) is 5.32. The second-order valence-electron chi connectivity index (χ2n) is 7.25. The summed E-state index contributed by atoms with van der Waals surface area (Å²) in [6, 6.07) is 16.7. The molecule has 31 heavy (non-hydrogen) atoms. The van der Waals surface area contributed by atoms with E-state index in [1.165, 1.54) is 22.6 Å². The molecule has 0 saturated carbocycles. The molecule has 2 amide bonds. The molecule has 8 heteroatoms. The number of rotatable bonds is 6. The normalized spacial score (nSPS) is 13.4. The first-order valence-corrected chi connectivity index (χ1v) is 11.3. The largest absolute Gasteiger partial charge is 0.280 e. The van der Waals surface area contributed by atoms with Gasteiger partial charge in [0.2, 0.25) is 0 Å². The van der Waals surface area contributed by atoms with Gasteiger partial charge < -0.3 is 0 Å². The lowest BCUT2D eigenvalue weighted by Crippen LogP contribution is -2.31. The smallest absolute Gasteiger partial charge is 0.268 e. The van der Waals surface area contributed by atoms with Gasteiger partial charge in [-0.25, -0.2) is 8.42 Å². The van der Waals surface area contributed by atoms with Crippen molar-refractivity contribution in [3.8, 4) is 0 Å². The molecule has 1 aromatic heterocycles. The molecule has 158 valence electrons. The first-order chi connectivity index (χ1) is 14.8. The number of anilines is 1. The predicted molar refractivity (Wildman–Crippen MR) is 116 cm³/mol. The van der Waals surface area contributed by atoms with E-state index >= 15 is 0 Å². The van der Waals surface area contributed by atoms with E-state index in [1.807, 2.05) is 25.1 Å². The highest BCUT2D eigenvalue weighted by Crippen LogP contribution is 2.26. The molecule has 0 radical (unpaired) electrons. The number of aromatic nitrogens is 1. The molecule has 0 spiro atoms. The van der Waals surface area contributed by atoms with Gasteiger partial charge in [-0.2, -0.15) is 0 Å². The van der Waals surface area contributed by atoms with Gasteiger partial charge in [0, 0.05) is 12.7 Å². The zero-order valence-corrected chi connectivity index (χ0v) is 18.0. The number of amides is 2. The van der Waals surface area contributed by atoms with Gasteiger partial charge in [0.15, 0.2) is 0 Å². The molecule has 2 heterocycles. The standard InChI is InChI=1S/C23H21N3O4S/c1-3-26(18-7-4-6-16(2)14-18)31(29,30)19-11-9-17(10-12-19)15-25-22(27)20-8-5-13-24-21(20)23(25)28/h4-14H,3,15H2,1-2H3. The predicted octanol–water partition coefficient (Wildman–Crippen LogP) is 3.40. The Bertz CT molecular complexity index is 1230. The van der Waals surface area contributed by atoms with Crippen LogP contribution in [0.4, 0.5) is 5.69 Å². The molecule has 1 aliphatic heterocycles. The molecule has 3 aromatic rings. The number of sulfonamides is 1. The van der Waals surface area contributed by atoms with Crippen LogP contribution in [0.2, 0.25) is 0 Å². The molecule has 0 aliphatic carbocycles. The zero-order valence-electron chi connectivity index (χ0n) is 17.1. The third kappa shape index (κ3) is 3.70. The maximum Gasteiger partial charge on any atom is 0.280 e. The molecular weight excluding hydrogens is 414 g/mol. The molecule has 0 bridgehead atoms. The Morgan fingerprint density at radius 2 is 1.71 bits per heavy atom. The van der Waals surface area contributed by atoms with Crippen molar-refractivity contribution in [1.29, 1.82) is 0 Å². The summed E-state index contributed by atoms with van der Waals surface area (Å²) in [4.78, 5) is 30.3. The maximum absolute atomic E-state index is 13.2. The number of carbonyl (C=O) groups is 2. The van der Waals surface area contributed by atoms with Gasteiger partial charge in [-0.1, -0.05) is 24.3 Å². The Hall–Kier alpha value is -3.52. The molecule has 0 unspecified atom stereocenters. The average Bonchev–Trinajstić information content (AvgIpc) is 3.00. The molecule has 7 nitrogen and oxygen atoms in total. The summed E-state index contributed by atoms with van der Waals surface area (Å²) < 4.78 is 27.7. The van der Waals surface area contributed by atoms with Gasteiger partial charge in [-0.15, -0.1) is 0 Å². The monoisotopic (exact) mass is 435 g/mol. The zero-order chi connectivity index (χ0) is 22.2. The van der Waals surface area contributed by atoms with E-state index in [-0.39, 0.29) is 29.2 Å². The number of aryl methyl sites for hydroxylation is 1. The van der Waals surface area contributed by atoms with Crippen LogP contribution in [-0.4, -0.2) is 36.7 Å². The van der Waals surface area contributed by atoms with Gasteiger partial charge in [0.25, 0.3) is 21.8 Å². The molecule has 0 atom stereocenters. The van der Waals surface area contributed by atoms with Crippen LogP contribution < -0.4 is 4.31 Å². The van der Waals surface area contributed by atoms with Crippen LogP contribution in [0.3, 0.4) is 0 Å². The fraction of sp³-hybridized carbons (Fsp3) is 0.174. The highest BCUT2D eigenvalue weighted by Gasteiger charge is 2.36. The number of carbonyl (C=O) groups excluding carboxylic acids is 2. The summed E-state index contributed by atoms with van der Waals surface area (Å²) in [7, 11) is -3.75. The topological polar surface area (TPSA) is 87.7 Å². The van der Waals surface area contributed by atoms with Crippen molar-refractivity contribution in [2.24, 2.45) is 0 Å². The van der Waals surface area contributed by atoms with Gasteiger partial charge in [-0.05, 0) is 61.4 Å². The van der Waals surface area contributed by atoms with Crippen molar-refractivity contribution in [2.45, 2.75) is 25.3 Å². The minimum Gasteiger partial charge on any atom is -0.268 e. The Labute approximate surface area is 181 Å². The van der Waals surface area contributed by atoms with Crippen LogP contribution in [0.25, 0.3) is 0 Å². The summed E-state index contributed by atoms with van der Waals surface area (Å²) in [5, 5.41) is 0. The first-order valence-electron chi connectivity index (χ1n) is 9.82. The van der Waals surface area contributed by atoms with E-state index in [1.54, 1.807) is 37.3 Å². The minimum atomic E-state index is -3.75. The summed E-state index contributed by atoms with van der Waals surface area (Å²) in [6.45, 7) is 4.03. The number of hydrogen-bond acceptors (Lipinski definition) is 5.